The maximum Gasteiger partial charge on any atom is 0.189 e. The summed E-state index contributed by atoms with van der Waals surface area (Å²) < 4.78 is 15.2. The molecule has 0 spiro atoms. The molecule has 0 amide bonds. The summed E-state index contributed by atoms with van der Waals surface area (Å²) in [5.41, 5.74) is 9.00. The zero-order chi connectivity index (χ0) is 15.0. The number of rotatable bonds is 2. The van der Waals surface area contributed by atoms with Gasteiger partial charge in [-0.25, -0.2) is 4.39 Å². The van der Waals surface area contributed by atoms with E-state index in [0.717, 1.165) is 11.1 Å². The third-order valence-corrected chi connectivity index (χ3v) is 3.75. The lowest BCUT2D eigenvalue weighted by Gasteiger charge is -2.10. The lowest BCUT2D eigenvalue weighted by atomic mass is 10.1. The number of nitrogens with two attached hydrogens (primary N) is 1. The Morgan fingerprint density at radius 2 is 2.05 bits per heavy atom. The SMILES string of the molecule is Cc1cccc(N)c1-c1nnnn1-c1ccc(F)c(Br)c1. The molecule has 106 valence electrons. The van der Waals surface area contributed by atoms with Crippen molar-refractivity contribution in [3.05, 3.63) is 52.3 Å². The van der Waals surface area contributed by atoms with E-state index in [2.05, 4.69) is 31.5 Å². The van der Waals surface area contributed by atoms with Crippen molar-refractivity contribution in [2.24, 2.45) is 0 Å². The van der Waals surface area contributed by atoms with Gasteiger partial charge in [-0.15, -0.1) is 5.10 Å². The van der Waals surface area contributed by atoms with E-state index < -0.39 is 0 Å². The van der Waals surface area contributed by atoms with Crippen LogP contribution in [0.3, 0.4) is 0 Å². The minimum atomic E-state index is -0.344. The smallest absolute Gasteiger partial charge is 0.189 e. The van der Waals surface area contributed by atoms with Crippen LogP contribution in [0.2, 0.25) is 0 Å². The highest BCUT2D eigenvalue weighted by Crippen LogP contribution is 2.29. The Labute approximate surface area is 128 Å². The highest BCUT2D eigenvalue weighted by Gasteiger charge is 2.16. The van der Waals surface area contributed by atoms with Crippen molar-refractivity contribution in [1.82, 2.24) is 20.2 Å². The first-order chi connectivity index (χ1) is 10.1. The Balaban J connectivity index is 2.20. The van der Waals surface area contributed by atoms with Gasteiger partial charge >= 0.3 is 0 Å². The first kappa shape index (κ1) is 13.7. The van der Waals surface area contributed by atoms with Gasteiger partial charge in [0.25, 0.3) is 0 Å². The second kappa shape index (κ2) is 5.25. The average Bonchev–Trinajstić information content (AvgIpc) is 2.91. The van der Waals surface area contributed by atoms with Crippen LogP contribution in [-0.4, -0.2) is 20.2 Å². The Morgan fingerprint density at radius 1 is 1.24 bits per heavy atom. The highest BCUT2D eigenvalue weighted by atomic mass is 79.9. The molecule has 1 aromatic heterocycles. The fraction of sp³-hybridized carbons (Fsp3) is 0.0714. The van der Waals surface area contributed by atoms with E-state index in [9.17, 15) is 4.39 Å². The number of nitrogen functional groups attached to an aromatic ring is 1. The summed E-state index contributed by atoms with van der Waals surface area (Å²) in [6.07, 6.45) is 0. The van der Waals surface area contributed by atoms with Crippen LogP contribution in [0.15, 0.2) is 40.9 Å². The van der Waals surface area contributed by atoms with Gasteiger partial charge in [0.2, 0.25) is 0 Å². The molecule has 0 saturated carbocycles. The highest BCUT2D eigenvalue weighted by molar-refractivity contribution is 9.10. The Morgan fingerprint density at radius 3 is 2.76 bits per heavy atom. The van der Waals surface area contributed by atoms with Gasteiger partial charge in [-0.3, -0.25) is 0 Å². The van der Waals surface area contributed by atoms with Crippen molar-refractivity contribution in [2.75, 3.05) is 5.73 Å². The molecule has 0 aliphatic heterocycles. The number of anilines is 1. The van der Waals surface area contributed by atoms with Crippen molar-refractivity contribution in [3.63, 3.8) is 0 Å². The monoisotopic (exact) mass is 347 g/mol. The maximum absolute atomic E-state index is 13.4. The van der Waals surface area contributed by atoms with E-state index >= 15 is 0 Å². The molecule has 0 aliphatic carbocycles. The third-order valence-electron chi connectivity index (χ3n) is 3.15. The van der Waals surface area contributed by atoms with Gasteiger partial charge in [0, 0.05) is 11.3 Å². The number of aryl methyl sites for hydroxylation is 1. The summed E-state index contributed by atoms with van der Waals surface area (Å²) in [6.45, 7) is 1.94. The lowest BCUT2D eigenvalue weighted by molar-refractivity contribution is 0.620. The Kier molecular flexibility index (Phi) is 3.42. The summed E-state index contributed by atoms with van der Waals surface area (Å²) in [7, 11) is 0. The van der Waals surface area contributed by atoms with E-state index in [4.69, 9.17) is 5.73 Å². The summed E-state index contributed by atoms with van der Waals surface area (Å²) in [5.74, 6) is 0.174. The first-order valence-corrected chi connectivity index (χ1v) is 6.96. The van der Waals surface area contributed by atoms with Gasteiger partial charge in [0.05, 0.1) is 10.2 Å². The first-order valence-electron chi connectivity index (χ1n) is 6.17. The molecule has 2 aromatic carbocycles. The number of benzene rings is 2. The van der Waals surface area contributed by atoms with Crippen LogP contribution in [0.1, 0.15) is 5.56 Å². The molecule has 0 unspecified atom stereocenters. The standard InChI is InChI=1S/C14H11BrFN5/c1-8-3-2-4-12(17)13(8)14-18-19-20-21(14)9-5-6-11(16)10(15)7-9/h2-7H,17H2,1H3. The zero-order valence-corrected chi connectivity index (χ0v) is 12.7. The third kappa shape index (κ3) is 2.40. The lowest BCUT2D eigenvalue weighted by Crippen LogP contribution is -2.03. The maximum atomic E-state index is 13.4. The van der Waals surface area contributed by atoms with Gasteiger partial charge in [-0.2, -0.15) is 4.68 Å². The molecule has 1 heterocycles. The normalized spacial score (nSPS) is 10.8. The molecule has 3 rings (SSSR count). The number of nitrogens with zero attached hydrogens (tertiary/aromatic N) is 4. The minimum absolute atomic E-state index is 0.344. The van der Waals surface area contributed by atoms with E-state index in [1.54, 1.807) is 18.2 Å². The molecular weight excluding hydrogens is 337 g/mol. The van der Waals surface area contributed by atoms with Crippen molar-refractivity contribution < 1.29 is 4.39 Å². The van der Waals surface area contributed by atoms with Gasteiger partial charge in [0.1, 0.15) is 5.82 Å². The average molecular weight is 348 g/mol. The van der Waals surface area contributed by atoms with Crippen LogP contribution in [0.5, 0.6) is 0 Å². The van der Waals surface area contributed by atoms with Crippen LogP contribution in [-0.2, 0) is 0 Å². The fourth-order valence-corrected chi connectivity index (χ4v) is 2.50. The topological polar surface area (TPSA) is 69.6 Å². The van der Waals surface area contributed by atoms with Crippen molar-refractivity contribution in [3.8, 4) is 17.1 Å². The number of aromatic nitrogens is 4. The zero-order valence-electron chi connectivity index (χ0n) is 11.1. The quantitative estimate of drug-likeness (QED) is 0.723. The van der Waals surface area contributed by atoms with Crippen molar-refractivity contribution in [1.29, 1.82) is 0 Å². The molecule has 0 fully saturated rings. The van der Waals surface area contributed by atoms with Crippen LogP contribution in [0.4, 0.5) is 10.1 Å². The van der Waals surface area contributed by atoms with Crippen LogP contribution >= 0.6 is 15.9 Å². The second-order valence-corrected chi connectivity index (χ2v) is 5.41. The summed E-state index contributed by atoms with van der Waals surface area (Å²) >= 11 is 3.16. The van der Waals surface area contributed by atoms with Gasteiger partial charge < -0.3 is 5.73 Å². The molecule has 2 N–H and O–H groups in total. The number of halogens is 2. The van der Waals surface area contributed by atoms with Gasteiger partial charge in [-0.1, -0.05) is 12.1 Å². The largest absolute Gasteiger partial charge is 0.398 e. The molecule has 0 radical (unpaired) electrons. The predicted molar refractivity (Wildman–Crippen MR) is 81.4 cm³/mol. The van der Waals surface area contributed by atoms with E-state index in [0.29, 0.717) is 21.7 Å². The Hall–Kier alpha value is -2.28. The number of tetrazole rings is 1. The van der Waals surface area contributed by atoms with Crippen LogP contribution in [0, 0.1) is 12.7 Å². The number of hydrogen-bond donors (Lipinski definition) is 1. The predicted octanol–water partition coefficient (Wildman–Crippen LogP) is 3.12. The summed E-state index contributed by atoms with van der Waals surface area (Å²) in [5, 5.41) is 11.7. The minimum Gasteiger partial charge on any atom is -0.398 e. The van der Waals surface area contributed by atoms with Crippen LogP contribution in [0.25, 0.3) is 17.1 Å². The molecule has 0 bridgehead atoms. The number of hydrogen-bond acceptors (Lipinski definition) is 4. The molecule has 7 heteroatoms. The molecule has 21 heavy (non-hydrogen) atoms. The molecule has 5 nitrogen and oxygen atoms in total. The molecule has 0 aliphatic rings. The van der Waals surface area contributed by atoms with Gasteiger partial charge in [0.15, 0.2) is 5.82 Å². The van der Waals surface area contributed by atoms with Gasteiger partial charge in [-0.05, 0) is 63.1 Å². The summed E-state index contributed by atoms with van der Waals surface area (Å²) in [4.78, 5) is 0. The molecule has 0 saturated heterocycles. The Bertz CT molecular complexity index is 795. The van der Waals surface area contributed by atoms with Crippen molar-refractivity contribution in [2.45, 2.75) is 6.92 Å². The summed E-state index contributed by atoms with van der Waals surface area (Å²) in [6, 6.07) is 10.2. The molecule has 0 atom stereocenters. The molecule has 3 aromatic rings. The van der Waals surface area contributed by atoms with Crippen molar-refractivity contribution >= 4 is 21.6 Å². The van der Waals surface area contributed by atoms with E-state index in [-0.39, 0.29) is 5.82 Å². The van der Waals surface area contributed by atoms with E-state index in [1.807, 2.05) is 19.1 Å². The fourth-order valence-electron chi connectivity index (χ4n) is 2.13. The van der Waals surface area contributed by atoms with E-state index in [1.165, 1.54) is 10.7 Å². The van der Waals surface area contributed by atoms with Crippen LogP contribution < -0.4 is 5.73 Å². The second-order valence-electron chi connectivity index (χ2n) is 4.55. The molecular formula is C14H11BrFN5.